The van der Waals surface area contributed by atoms with Gasteiger partial charge in [-0.3, -0.25) is 9.69 Å². The monoisotopic (exact) mass is 325 g/mol. The Hall–Kier alpha value is -2.53. The molecular weight excluding hydrogens is 302 g/mol. The summed E-state index contributed by atoms with van der Waals surface area (Å²) >= 11 is 0. The molecule has 1 aliphatic heterocycles. The summed E-state index contributed by atoms with van der Waals surface area (Å²) in [5.74, 6) is 0.335. The molecule has 1 heterocycles. The van der Waals surface area contributed by atoms with Gasteiger partial charge in [-0.25, -0.2) is 0 Å². The number of aromatic hydroxyl groups is 1. The summed E-state index contributed by atoms with van der Waals surface area (Å²) in [4.78, 5) is 16.9. The lowest BCUT2D eigenvalue weighted by Crippen LogP contribution is -2.35. The first kappa shape index (κ1) is 16.3. The van der Waals surface area contributed by atoms with Crippen molar-refractivity contribution in [3.63, 3.8) is 0 Å². The molecule has 5 nitrogen and oxygen atoms in total. The molecule has 0 aliphatic carbocycles. The molecule has 0 bridgehead atoms. The van der Waals surface area contributed by atoms with Crippen molar-refractivity contribution in [2.75, 3.05) is 31.9 Å². The summed E-state index contributed by atoms with van der Waals surface area (Å²) < 4.78 is 0. The Kier molecular flexibility index (Phi) is 5.01. The first-order valence-electron chi connectivity index (χ1n) is 8.27. The Labute approximate surface area is 142 Å². The highest BCUT2D eigenvalue weighted by Crippen LogP contribution is 2.15. The molecule has 126 valence electrons. The van der Waals surface area contributed by atoms with Gasteiger partial charge in [-0.15, -0.1) is 0 Å². The molecule has 0 saturated carbocycles. The van der Waals surface area contributed by atoms with Crippen LogP contribution in [0.1, 0.15) is 22.3 Å². The van der Waals surface area contributed by atoms with Crippen LogP contribution in [-0.2, 0) is 6.54 Å². The van der Waals surface area contributed by atoms with Crippen LogP contribution < -0.4 is 5.73 Å². The van der Waals surface area contributed by atoms with Crippen molar-refractivity contribution in [3.8, 4) is 5.75 Å². The normalized spacial score (nSPS) is 15.9. The molecule has 0 radical (unpaired) electrons. The number of carbonyl (C=O) groups excluding carboxylic acids is 1. The summed E-state index contributed by atoms with van der Waals surface area (Å²) in [6.07, 6.45) is 0.951. The molecule has 0 unspecified atom stereocenters. The highest BCUT2D eigenvalue weighted by molar-refractivity contribution is 5.95. The van der Waals surface area contributed by atoms with Gasteiger partial charge in [0.1, 0.15) is 5.75 Å². The average molecular weight is 325 g/mol. The molecule has 0 atom stereocenters. The highest BCUT2D eigenvalue weighted by atomic mass is 16.3. The predicted molar refractivity (Wildman–Crippen MR) is 94.8 cm³/mol. The van der Waals surface area contributed by atoms with Gasteiger partial charge in [0.25, 0.3) is 5.91 Å². The van der Waals surface area contributed by atoms with Crippen LogP contribution >= 0.6 is 0 Å². The van der Waals surface area contributed by atoms with Crippen molar-refractivity contribution >= 4 is 11.6 Å². The number of hydrogen-bond acceptors (Lipinski definition) is 4. The number of phenolic OH excluding ortho intramolecular Hbond substituents is 1. The lowest BCUT2D eigenvalue weighted by Gasteiger charge is -2.22. The maximum Gasteiger partial charge on any atom is 0.253 e. The van der Waals surface area contributed by atoms with Crippen LogP contribution in [0, 0.1) is 0 Å². The van der Waals surface area contributed by atoms with Crippen molar-refractivity contribution in [2.24, 2.45) is 0 Å². The number of nitrogen functional groups attached to an aromatic ring is 1. The van der Waals surface area contributed by atoms with Crippen molar-refractivity contribution < 1.29 is 9.90 Å². The molecule has 2 aromatic rings. The zero-order valence-corrected chi connectivity index (χ0v) is 13.7. The van der Waals surface area contributed by atoms with Crippen LogP contribution in [0.2, 0.25) is 0 Å². The number of nitrogens with two attached hydrogens (primary N) is 1. The number of phenols is 1. The van der Waals surface area contributed by atoms with Crippen molar-refractivity contribution in [3.05, 3.63) is 59.7 Å². The third kappa shape index (κ3) is 4.06. The number of benzene rings is 2. The molecule has 1 amide bonds. The van der Waals surface area contributed by atoms with Gasteiger partial charge >= 0.3 is 0 Å². The fourth-order valence-electron chi connectivity index (χ4n) is 3.05. The quantitative estimate of drug-likeness (QED) is 0.850. The molecule has 24 heavy (non-hydrogen) atoms. The standard InChI is InChI=1S/C19H23N3O2/c20-17-4-1-3-16(13-17)19(24)22-10-2-9-21(11-12-22)14-15-5-7-18(23)8-6-15/h1,3-8,13,23H,2,9-12,14,20H2. The molecule has 0 spiro atoms. The van der Waals surface area contributed by atoms with E-state index >= 15 is 0 Å². The number of amides is 1. The Balaban J connectivity index is 1.60. The van der Waals surface area contributed by atoms with Crippen molar-refractivity contribution in [1.82, 2.24) is 9.80 Å². The van der Waals surface area contributed by atoms with Gasteiger partial charge < -0.3 is 15.7 Å². The summed E-state index contributed by atoms with van der Waals surface area (Å²) in [6, 6.07) is 14.5. The molecule has 3 N–H and O–H groups in total. The maximum absolute atomic E-state index is 12.6. The average Bonchev–Trinajstić information content (AvgIpc) is 2.82. The number of carbonyl (C=O) groups is 1. The minimum absolute atomic E-state index is 0.0498. The fourth-order valence-corrected chi connectivity index (χ4v) is 3.05. The second-order valence-corrected chi connectivity index (χ2v) is 6.21. The van der Waals surface area contributed by atoms with Gasteiger partial charge in [0.05, 0.1) is 0 Å². The predicted octanol–water partition coefficient (Wildman–Crippen LogP) is 2.32. The van der Waals surface area contributed by atoms with Gasteiger partial charge in [0.15, 0.2) is 0 Å². The molecule has 2 aromatic carbocycles. The fraction of sp³-hybridized carbons (Fsp3) is 0.316. The highest BCUT2D eigenvalue weighted by Gasteiger charge is 2.20. The van der Waals surface area contributed by atoms with Crippen LogP contribution in [0.15, 0.2) is 48.5 Å². The summed E-state index contributed by atoms with van der Waals surface area (Å²) in [7, 11) is 0. The summed E-state index contributed by atoms with van der Waals surface area (Å²) in [6.45, 7) is 4.11. The third-order valence-electron chi connectivity index (χ3n) is 4.35. The van der Waals surface area contributed by atoms with E-state index in [1.54, 1.807) is 24.3 Å². The molecular formula is C19H23N3O2. The second kappa shape index (κ2) is 7.36. The third-order valence-corrected chi connectivity index (χ3v) is 4.35. The minimum Gasteiger partial charge on any atom is -0.508 e. The first-order chi connectivity index (χ1) is 11.6. The first-order valence-corrected chi connectivity index (χ1v) is 8.27. The van der Waals surface area contributed by atoms with Crippen LogP contribution in [0.5, 0.6) is 5.75 Å². The molecule has 5 heteroatoms. The van der Waals surface area contributed by atoms with E-state index < -0.39 is 0 Å². The summed E-state index contributed by atoms with van der Waals surface area (Å²) in [5.41, 5.74) is 8.22. The number of hydrogen-bond donors (Lipinski definition) is 2. The van der Waals surface area contributed by atoms with Crippen LogP contribution in [0.3, 0.4) is 0 Å². The van der Waals surface area contributed by atoms with Crippen molar-refractivity contribution in [1.29, 1.82) is 0 Å². The second-order valence-electron chi connectivity index (χ2n) is 6.21. The largest absolute Gasteiger partial charge is 0.508 e. The van der Waals surface area contributed by atoms with Crippen molar-refractivity contribution in [2.45, 2.75) is 13.0 Å². The zero-order chi connectivity index (χ0) is 16.9. The Bertz CT molecular complexity index is 700. The molecule has 1 fully saturated rings. The number of rotatable bonds is 3. The van der Waals surface area contributed by atoms with E-state index in [1.807, 2.05) is 29.2 Å². The van der Waals surface area contributed by atoms with E-state index in [2.05, 4.69) is 4.90 Å². The van der Waals surface area contributed by atoms with E-state index in [1.165, 1.54) is 5.56 Å². The van der Waals surface area contributed by atoms with Gasteiger partial charge in [-0.1, -0.05) is 18.2 Å². The zero-order valence-electron chi connectivity index (χ0n) is 13.7. The van der Waals surface area contributed by atoms with E-state index in [-0.39, 0.29) is 11.7 Å². The Morgan fingerprint density at radius 2 is 1.83 bits per heavy atom. The lowest BCUT2D eigenvalue weighted by molar-refractivity contribution is 0.0761. The lowest BCUT2D eigenvalue weighted by atomic mass is 10.1. The van der Waals surface area contributed by atoms with E-state index in [0.29, 0.717) is 17.8 Å². The van der Waals surface area contributed by atoms with Gasteiger partial charge in [-0.2, -0.15) is 0 Å². The number of anilines is 1. The van der Waals surface area contributed by atoms with E-state index in [4.69, 9.17) is 5.73 Å². The maximum atomic E-state index is 12.6. The Morgan fingerprint density at radius 1 is 1.04 bits per heavy atom. The van der Waals surface area contributed by atoms with Crippen LogP contribution in [0.25, 0.3) is 0 Å². The summed E-state index contributed by atoms with van der Waals surface area (Å²) in [5, 5.41) is 9.36. The smallest absolute Gasteiger partial charge is 0.253 e. The Morgan fingerprint density at radius 3 is 2.58 bits per heavy atom. The molecule has 1 aliphatic rings. The topological polar surface area (TPSA) is 69.8 Å². The van der Waals surface area contributed by atoms with E-state index in [9.17, 15) is 9.90 Å². The van der Waals surface area contributed by atoms with E-state index in [0.717, 1.165) is 32.6 Å². The van der Waals surface area contributed by atoms with Gasteiger partial charge in [0, 0.05) is 44.0 Å². The molecule has 0 aromatic heterocycles. The van der Waals surface area contributed by atoms with Crippen LogP contribution in [0.4, 0.5) is 5.69 Å². The van der Waals surface area contributed by atoms with Crippen LogP contribution in [-0.4, -0.2) is 47.0 Å². The van der Waals surface area contributed by atoms with Gasteiger partial charge in [0.2, 0.25) is 0 Å². The minimum atomic E-state index is 0.0498. The van der Waals surface area contributed by atoms with Gasteiger partial charge in [-0.05, 0) is 42.3 Å². The SMILES string of the molecule is Nc1cccc(C(=O)N2CCCN(Cc3ccc(O)cc3)CC2)c1. The molecule has 1 saturated heterocycles. The molecule has 3 rings (SSSR count). The number of nitrogens with zero attached hydrogens (tertiary/aromatic N) is 2.